The molecule has 4 fully saturated rings. The van der Waals surface area contributed by atoms with Crippen LogP contribution in [0.15, 0.2) is 218 Å². The van der Waals surface area contributed by atoms with Crippen LogP contribution < -0.4 is 62.4 Å². The predicted octanol–water partition coefficient (Wildman–Crippen LogP) is 19.2. The molecule has 11 aromatic carbocycles. The van der Waals surface area contributed by atoms with Gasteiger partial charge in [0.1, 0.15) is 56.1 Å². The summed E-state index contributed by atoms with van der Waals surface area (Å²) in [6.45, 7) is 6.80. The summed E-state index contributed by atoms with van der Waals surface area (Å²) in [5.41, 5.74) is 6.82. The van der Waals surface area contributed by atoms with E-state index in [9.17, 15) is 38.9 Å². The Morgan fingerprint density at radius 1 is 0.461 bits per heavy atom. The van der Waals surface area contributed by atoms with Crippen molar-refractivity contribution in [2.45, 2.75) is 114 Å². The maximum absolute atomic E-state index is 16.0. The number of hydrogen-bond acceptors (Lipinski definition) is 20. The van der Waals surface area contributed by atoms with Crippen molar-refractivity contribution in [1.29, 1.82) is 0 Å². The van der Waals surface area contributed by atoms with E-state index in [1.807, 2.05) is 121 Å². The van der Waals surface area contributed by atoms with Gasteiger partial charge in [0.25, 0.3) is 23.4 Å². The molecule has 0 bridgehead atoms. The van der Waals surface area contributed by atoms with Crippen molar-refractivity contribution in [3.63, 3.8) is 0 Å². The van der Waals surface area contributed by atoms with E-state index in [0.717, 1.165) is 153 Å². The summed E-state index contributed by atoms with van der Waals surface area (Å²) in [6.07, 6.45) is 19.9. The number of non-ortho nitro benzene ring substituents is 1. The number of methoxy groups -OCH3 is 1. The minimum atomic E-state index is -0.656. The van der Waals surface area contributed by atoms with E-state index in [1.54, 1.807) is 51.2 Å². The average Bonchev–Trinajstić information content (AvgIpc) is 1.23. The van der Waals surface area contributed by atoms with E-state index in [2.05, 4.69) is 95.7 Å². The molecule has 6 aliphatic rings. The lowest BCUT2D eigenvalue weighted by Gasteiger charge is -2.27. The summed E-state index contributed by atoms with van der Waals surface area (Å²) in [5.74, 6) is -1.14. The number of nitro groups is 1. The summed E-state index contributed by atoms with van der Waals surface area (Å²) < 4.78 is 83.9. The number of likely N-dealkylation sites (tertiary alicyclic amines) is 4. The highest BCUT2D eigenvalue weighted by Gasteiger charge is 2.35. The molecule has 4 atom stereocenters. The molecule has 4 saturated heterocycles. The number of halogens is 3. The molecule has 0 radical (unpaired) electrons. The minimum Gasteiger partial charge on any atom is -0.497 e. The number of H-pyrrole nitrogens is 2. The molecule has 17 aromatic rings. The third-order valence-electron chi connectivity index (χ3n) is 29.1. The van der Waals surface area contributed by atoms with E-state index in [1.165, 1.54) is 36.5 Å². The number of carbonyl (C=O) groups is 3. The van der Waals surface area contributed by atoms with Crippen LogP contribution in [0.2, 0.25) is 0 Å². The molecule has 0 saturated carbocycles. The maximum Gasteiger partial charge on any atom is 0.273 e. The van der Waals surface area contributed by atoms with E-state index in [-0.39, 0.29) is 78.3 Å². The third-order valence-corrected chi connectivity index (χ3v) is 29.1. The first kappa shape index (κ1) is 92.1. The zero-order chi connectivity index (χ0) is 97.1. The number of hydrogen-bond donors (Lipinski definition) is 8. The van der Waals surface area contributed by atoms with Crippen molar-refractivity contribution < 1.29 is 55.5 Å². The second-order valence-electron chi connectivity index (χ2n) is 37.7. The van der Waals surface area contributed by atoms with E-state index in [0.29, 0.717) is 143 Å². The Balaban J connectivity index is 0.000000126. The topological polar surface area (TPSA) is 331 Å². The molecule has 32 heteroatoms. The van der Waals surface area contributed by atoms with Crippen LogP contribution in [0, 0.1) is 27.6 Å². The molecule has 4 unspecified atom stereocenters. The van der Waals surface area contributed by atoms with E-state index >= 15 is 13.2 Å². The van der Waals surface area contributed by atoms with Crippen molar-refractivity contribution in [2.24, 2.45) is 0 Å². The number of anilines is 3. The molecule has 23 rings (SSSR count). The number of amides is 3. The van der Waals surface area contributed by atoms with Crippen molar-refractivity contribution in [3.05, 3.63) is 281 Å². The van der Waals surface area contributed by atoms with Gasteiger partial charge in [-0.15, -0.1) is 0 Å². The number of pyridine rings is 3. The Morgan fingerprint density at radius 2 is 0.915 bits per heavy atom. The second kappa shape index (κ2) is 38.9. The molecule has 12 heterocycles. The smallest absolute Gasteiger partial charge is 0.273 e. The lowest BCUT2D eigenvalue weighted by molar-refractivity contribution is -0.384. The maximum atomic E-state index is 16.0. The summed E-state index contributed by atoms with van der Waals surface area (Å²) >= 11 is 0. The lowest BCUT2D eigenvalue weighted by Crippen LogP contribution is -2.34. The van der Waals surface area contributed by atoms with E-state index < -0.39 is 56.4 Å². The van der Waals surface area contributed by atoms with Crippen molar-refractivity contribution in [3.8, 4) is 40.1 Å². The van der Waals surface area contributed by atoms with Gasteiger partial charge in [0, 0.05) is 117 Å². The molecule has 722 valence electrons. The van der Waals surface area contributed by atoms with Gasteiger partial charge in [-0.2, -0.15) is 0 Å². The van der Waals surface area contributed by atoms with Gasteiger partial charge < -0.3 is 98.0 Å². The van der Waals surface area contributed by atoms with Crippen LogP contribution in [0.1, 0.15) is 119 Å². The zero-order valence-corrected chi connectivity index (χ0v) is 78.8. The Morgan fingerprint density at radius 3 is 1.41 bits per heavy atom. The summed E-state index contributed by atoms with van der Waals surface area (Å²) in [6, 6.07) is 52.2. The van der Waals surface area contributed by atoms with Gasteiger partial charge in [-0.25, -0.2) is 13.2 Å². The summed E-state index contributed by atoms with van der Waals surface area (Å²) in [5, 5.41) is 35.1. The molecule has 8 N–H and O–H groups in total. The molecule has 141 heavy (non-hydrogen) atoms. The van der Waals surface area contributed by atoms with Crippen LogP contribution in [0.5, 0.6) is 28.7 Å². The number of para-hydroxylation sites is 1. The van der Waals surface area contributed by atoms with Gasteiger partial charge in [-0.1, -0.05) is 78.9 Å². The van der Waals surface area contributed by atoms with Crippen molar-refractivity contribution >= 4 is 145 Å². The average molecular weight is 1910 g/mol. The highest BCUT2D eigenvalue weighted by molar-refractivity contribution is 6.08. The molecule has 6 aliphatic heterocycles. The first-order chi connectivity index (χ1) is 68.5. The number of benzene rings is 11. The van der Waals surface area contributed by atoms with E-state index in [4.69, 9.17) is 23.0 Å². The fourth-order valence-electron chi connectivity index (χ4n) is 21.4. The predicted molar refractivity (Wildman–Crippen MR) is 544 cm³/mol. The van der Waals surface area contributed by atoms with Crippen LogP contribution in [-0.2, 0) is 12.8 Å². The van der Waals surface area contributed by atoms with Crippen LogP contribution in [0.3, 0.4) is 0 Å². The molecule has 3 amide bonds. The van der Waals surface area contributed by atoms with Gasteiger partial charge in [0.2, 0.25) is 16.3 Å². The Labute approximate surface area is 806 Å². The summed E-state index contributed by atoms with van der Waals surface area (Å²) in [4.78, 5) is 109. The van der Waals surface area contributed by atoms with Gasteiger partial charge in [-0.05, 0) is 244 Å². The molecule has 6 aromatic heterocycles. The molecule has 0 spiro atoms. The van der Waals surface area contributed by atoms with Crippen molar-refractivity contribution in [1.82, 2.24) is 59.1 Å². The second-order valence-corrected chi connectivity index (χ2v) is 37.7. The number of aromatic amines is 2. The highest BCUT2D eigenvalue weighted by atomic mass is 19.1. The first-order valence-electron chi connectivity index (χ1n) is 48.4. The Hall–Kier alpha value is -15.3. The molecular formula is C109H107F3N16O13. The standard InChI is InChI=1S/C37H34FN5O3.C36H38FN7O6.C36H35FN4O4/c1-42-16-6-9-25(42)13-15-40-37(45)28-21-43-31-17-22-7-2-3-8-23(22)18-32(31)46-36-33(29(38)19-27(34(36)43)35(28)44)39-14-12-24-20-41-30-11-5-4-10-26(24)30;1-41-13-3-5-20(41)9-11-38-32-25(37)16-23-33-35(32)50-31-17-27-30(49-29-15-22(44(47)48)7-8-26(29)40-27)18-28(31)43(33)19-24(34(23)45)36(46)39-12-10-21-6-4-14-42(21)2;1-40-17-5-8-25(40)14-16-39-36(43)28-21-41-30-18-23-6-3-4-7-24(23)19-31(30)45-35-32(29(37)20-27(33(35)41)34(28)42)38-15-13-22-9-11-26(44-2)12-10-22/h2-5,7-8,10-11,17-21,25,39,41H,6,9,12-16H2,1H3,(H,40,45);7-8,15-21,38,40H,3-6,9-14H2,1-2H3,(H,39,46);3-4,6-7,9-12,18-21,25,38H,5,8,13-17H2,1-2H3,(H,39,43). The number of fused-ring (bicyclic) bond motifs is 11. The fourth-order valence-corrected chi connectivity index (χ4v) is 21.4. The van der Waals surface area contributed by atoms with Gasteiger partial charge in [0.15, 0.2) is 62.8 Å². The number of nitrogens with one attached hydrogen (secondary N) is 8. The lowest BCUT2D eigenvalue weighted by atomic mass is 10.0. The number of rotatable bonds is 26. The van der Waals surface area contributed by atoms with Gasteiger partial charge in [0.05, 0.1) is 62.2 Å². The number of aromatic nitrogens is 5. The van der Waals surface area contributed by atoms with Crippen LogP contribution in [0.4, 0.5) is 35.9 Å². The monoisotopic (exact) mass is 1900 g/mol. The molecule has 0 aliphatic carbocycles. The highest BCUT2D eigenvalue weighted by Crippen LogP contribution is 2.50. The van der Waals surface area contributed by atoms with Crippen molar-refractivity contribution in [2.75, 3.05) is 117 Å². The first-order valence-corrected chi connectivity index (χ1v) is 48.4. The Kier molecular flexibility index (Phi) is 25.4. The SMILES string of the molecule is CN1CCCC1CCNC(=O)c1cn2c3c(c(NCCc4c[nH]c5ccccc45)c(F)cc3c1=O)Oc1cc3ccccc3cc1-2.CN1CCCC1CCNC(=O)c1cn2c3cc4oc5cc([N+](=O)[O-])ccc5[nH]c4cc3oc3c(NCCC4CCCN4C)c(F)cc(c1=O)c32.COc1ccc(CCNc2c(F)cc3c(=O)c(C(=O)NCCC4CCCN4C)cn4c3c2Oc2cc3ccccc3cc2-4)cc1. The summed E-state index contributed by atoms with van der Waals surface area (Å²) in [7, 11) is 9.98. The number of carbonyl (C=O) groups excluding carboxylic acids is 3. The van der Waals surface area contributed by atoms with Gasteiger partial charge in [-0.3, -0.25) is 38.9 Å². The largest absolute Gasteiger partial charge is 0.497 e. The molecule has 29 nitrogen and oxygen atoms in total. The number of nitrogens with zero attached hydrogens (tertiary/aromatic N) is 8. The van der Waals surface area contributed by atoms with Crippen LogP contribution in [-0.4, -0.2) is 191 Å². The minimum absolute atomic E-state index is 0.00476. The fraction of sp³-hybridized carbons (Fsp3) is 0.303. The quantitative estimate of drug-likeness (QED) is 0.0108. The van der Waals surface area contributed by atoms with Crippen LogP contribution >= 0.6 is 0 Å². The normalized spacial score (nSPS) is 16.7. The number of ether oxygens (including phenoxy) is 3. The Bertz CT molecular complexity index is 8100. The zero-order valence-electron chi connectivity index (χ0n) is 78.8. The third kappa shape index (κ3) is 17.9. The van der Waals surface area contributed by atoms with Crippen LogP contribution in [0.25, 0.3) is 115 Å². The molecular weight excluding hydrogens is 1800 g/mol. The van der Waals surface area contributed by atoms with Gasteiger partial charge >= 0.3 is 0 Å². The number of nitro benzene ring substituents is 1.